The molecule has 5 nitrogen and oxygen atoms in total. The molecule has 0 radical (unpaired) electrons. The van der Waals surface area contributed by atoms with E-state index in [4.69, 9.17) is 14.3 Å². The number of carbonyl (C=O) groups excluding carboxylic acids is 1. The molecule has 5 heteroatoms. The molecule has 0 spiro atoms. The van der Waals surface area contributed by atoms with E-state index >= 15 is 0 Å². The molecule has 0 bridgehead atoms. The van der Waals surface area contributed by atoms with Gasteiger partial charge in [-0.05, 0) is 12.1 Å². The Hall–Kier alpha value is -2.30. The normalized spacial score (nSPS) is 10.6. The fourth-order valence-electron chi connectivity index (χ4n) is 1.87. The third kappa shape index (κ3) is 3.13. The molecule has 0 atom stereocenters. The highest BCUT2D eigenvalue weighted by Gasteiger charge is 2.12. The second-order valence-corrected chi connectivity index (χ2v) is 4.20. The lowest BCUT2D eigenvalue weighted by molar-refractivity contribution is -0.138. The van der Waals surface area contributed by atoms with E-state index in [2.05, 4.69) is 0 Å². The zero-order chi connectivity index (χ0) is 13.8. The monoisotopic (exact) mass is 262 g/mol. The number of benzene rings is 1. The van der Waals surface area contributed by atoms with Crippen molar-refractivity contribution in [2.45, 2.75) is 19.3 Å². The Balaban J connectivity index is 2.13. The standard InChI is InChI=1S/C14H14O5/c1-18-12-4-2-3-9-7-11(19-14(9)12)8-10(15)5-6-13(16)17/h2-4,7H,5-6,8H2,1H3,(H,16,17). The van der Waals surface area contributed by atoms with E-state index in [0.717, 1.165) is 5.39 Å². The van der Waals surface area contributed by atoms with Crippen LogP contribution < -0.4 is 4.74 Å². The molecule has 1 aromatic carbocycles. The first-order chi connectivity index (χ1) is 9.10. The van der Waals surface area contributed by atoms with Crippen LogP contribution in [-0.2, 0) is 16.0 Å². The molecule has 1 N–H and O–H groups in total. The first-order valence-corrected chi connectivity index (χ1v) is 5.89. The van der Waals surface area contributed by atoms with Crippen LogP contribution in [0.4, 0.5) is 0 Å². The Kier molecular flexibility index (Phi) is 3.85. The number of Topliss-reactive ketones (excluding diaryl/α,β-unsaturated/α-hetero) is 1. The summed E-state index contributed by atoms with van der Waals surface area (Å²) in [7, 11) is 1.55. The zero-order valence-electron chi connectivity index (χ0n) is 10.5. The minimum atomic E-state index is -0.973. The third-order valence-electron chi connectivity index (χ3n) is 2.77. The highest BCUT2D eigenvalue weighted by molar-refractivity contribution is 5.87. The second kappa shape index (κ2) is 5.56. The van der Waals surface area contributed by atoms with Gasteiger partial charge in [-0.15, -0.1) is 0 Å². The molecule has 0 aliphatic rings. The van der Waals surface area contributed by atoms with Gasteiger partial charge in [0.2, 0.25) is 0 Å². The van der Waals surface area contributed by atoms with E-state index in [9.17, 15) is 9.59 Å². The Morgan fingerprint density at radius 2 is 2.11 bits per heavy atom. The Bertz CT molecular complexity index is 611. The van der Waals surface area contributed by atoms with E-state index in [1.54, 1.807) is 19.2 Å². The number of hydrogen-bond donors (Lipinski definition) is 1. The average molecular weight is 262 g/mol. The summed E-state index contributed by atoms with van der Waals surface area (Å²) in [5, 5.41) is 9.38. The molecule has 0 aliphatic heterocycles. The Morgan fingerprint density at radius 1 is 1.32 bits per heavy atom. The molecule has 0 saturated heterocycles. The van der Waals surface area contributed by atoms with Crippen molar-refractivity contribution in [3.05, 3.63) is 30.0 Å². The number of aliphatic carboxylic acids is 1. The minimum Gasteiger partial charge on any atom is -0.493 e. The van der Waals surface area contributed by atoms with Crippen LogP contribution >= 0.6 is 0 Å². The molecule has 1 aromatic heterocycles. The van der Waals surface area contributed by atoms with Gasteiger partial charge >= 0.3 is 5.97 Å². The van der Waals surface area contributed by atoms with Gasteiger partial charge in [-0.3, -0.25) is 9.59 Å². The Morgan fingerprint density at radius 3 is 2.79 bits per heavy atom. The van der Waals surface area contributed by atoms with Gasteiger partial charge in [0.05, 0.1) is 20.0 Å². The van der Waals surface area contributed by atoms with Crippen LogP contribution in [0, 0.1) is 0 Å². The van der Waals surface area contributed by atoms with Crippen LogP contribution in [0.5, 0.6) is 5.75 Å². The van der Waals surface area contributed by atoms with E-state index in [0.29, 0.717) is 17.1 Å². The van der Waals surface area contributed by atoms with E-state index < -0.39 is 5.97 Å². The van der Waals surface area contributed by atoms with Crippen LogP contribution in [0.25, 0.3) is 11.0 Å². The van der Waals surface area contributed by atoms with E-state index in [1.807, 2.05) is 12.1 Å². The maximum absolute atomic E-state index is 11.6. The number of hydrogen-bond acceptors (Lipinski definition) is 4. The SMILES string of the molecule is COc1cccc2cc(CC(=O)CCC(=O)O)oc12. The van der Waals surface area contributed by atoms with E-state index in [1.165, 1.54) is 0 Å². The second-order valence-electron chi connectivity index (χ2n) is 4.20. The van der Waals surface area contributed by atoms with Crippen molar-refractivity contribution in [2.24, 2.45) is 0 Å². The molecule has 2 aromatic rings. The van der Waals surface area contributed by atoms with Crippen molar-refractivity contribution in [2.75, 3.05) is 7.11 Å². The predicted octanol–water partition coefficient (Wildman–Crippen LogP) is 2.42. The first kappa shape index (κ1) is 13.1. The fraction of sp³-hybridized carbons (Fsp3) is 0.286. The summed E-state index contributed by atoms with van der Waals surface area (Å²) in [4.78, 5) is 22.0. The topological polar surface area (TPSA) is 76.7 Å². The van der Waals surface area contributed by atoms with Crippen LogP contribution in [0.1, 0.15) is 18.6 Å². The van der Waals surface area contributed by atoms with Crippen LogP contribution in [0.2, 0.25) is 0 Å². The summed E-state index contributed by atoms with van der Waals surface area (Å²) >= 11 is 0. The molecule has 0 unspecified atom stereocenters. The summed E-state index contributed by atoms with van der Waals surface area (Å²) in [5.74, 6) is 0.0108. The molecular weight excluding hydrogens is 248 g/mol. The fourth-order valence-corrected chi connectivity index (χ4v) is 1.87. The van der Waals surface area contributed by atoms with E-state index in [-0.39, 0.29) is 25.0 Å². The van der Waals surface area contributed by atoms with Gasteiger partial charge in [-0.2, -0.15) is 0 Å². The van der Waals surface area contributed by atoms with Gasteiger partial charge in [0.15, 0.2) is 11.3 Å². The highest BCUT2D eigenvalue weighted by atomic mass is 16.5. The molecule has 19 heavy (non-hydrogen) atoms. The number of rotatable bonds is 6. The maximum Gasteiger partial charge on any atom is 0.303 e. The summed E-state index contributed by atoms with van der Waals surface area (Å²) in [6.45, 7) is 0. The summed E-state index contributed by atoms with van der Waals surface area (Å²) in [6, 6.07) is 7.26. The smallest absolute Gasteiger partial charge is 0.303 e. The molecule has 2 rings (SSSR count). The Labute approximate surface area is 109 Å². The van der Waals surface area contributed by atoms with Crippen molar-refractivity contribution in [3.8, 4) is 5.75 Å². The number of methoxy groups -OCH3 is 1. The molecule has 0 fully saturated rings. The molecule has 0 aliphatic carbocycles. The zero-order valence-corrected chi connectivity index (χ0v) is 10.5. The number of furan rings is 1. The molecule has 0 amide bonds. The van der Waals surface area contributed by atoms with Gasteiger partial charge in [0, 0.05) is 11.8 Å². The largest absolute Gasteiger partial charge is 0.493 e. The molecule has 1 heterocycles. The maximum atomic E-state index is 11.6. The number of ketones is 1. The minimum absolute atomic E-state index is 0.0174. The van der Waals surface area contributed by atoms with Crippen molar-refractivity contribution >= 4 is 22.7 Å². The van der Waals surface area contributed by atoms with Gasteiger partial charge in [0.25, 0.3) is 0 Å². The lowest BCUT2D eigenvalue weighted by Crippen LogP contribution is -2.05. The summed E-state index contributed by atoms with van der Waals surface area (Å²) < 4.78 is 10.7. The van der Waals surface area contributed by atoms with Gasteiger partial charge in [-0.25, -0.2) is 0 Å². The summed E-state index contributed by atoms with van der Waals surface area (Å²) in [6.07, 6.45) is -0.0307. The van der Waals surface area contributed by atoms with Crippen molar-refractivity contribution in [3.63, 3.8) is 0 Å². The van der Waals surface area contributed by atoms with Gasteiger partial charge < -0.3 is 14.3 Å². The van der Waals surface area contributed by atoms with Gasteiger partial charge in [-0.1, -0.05) is 12.1 Å². The number of fused-ring (bicyclic) bond motifs is 1. The van der Waals surface area contributed by atoms with Crippen molar-refractivity contribution < 1.29 is 23.8 Å². The van der Waals surface area contributed by atoms with Crippen molar-refractivity contribution in [1.82, 2.24) is 0 Å². The quantitative estimate of drug-likeness (QED) is 0.865. The first-order valence-electron chi connectivity index (χ1n) is 5.89. The average Bonchev–Trinajstić information content (AvgIpc) is 2.78. The van der Waals surface area contributed by atoms with Crippen LogP contribution in [-0.4, -0.2) is 24.0 Å². The number of carboxylic acid groups (broad SMARTS) is 1. The number of ether oxygens (including phenoxy) is 1. The number of carbonyl (C=O) groups is 2. The molecule has 100 valence electrons. The predicted molar refractivity (Wildman–Crippen MR) is 68.3 cm³/mol. The number of carboxylic acids is 1. The number of para-hydroxylation sites is 1. The lowest BCUT2D eigenvalue weighted by Gasteiger charge is -1.98. The van der Waals surface area contributed by atoms with Crippen LogP contribution in [0.3, 0.4) is 0 Å². The van der Waals surface area contributed by atoms with Gasteiger partial charge in [0.1, 0.15) is 11.5 Å². The van der Waals surface area contributed by atoms with Crippen molar-refractivity contribution in [1.29, 1.82) is 0 Å². The lowest BCUT2D eigenvalue weighted by atomic mass is 10.1. The highest BCUT2D eigenvalue weighted by Crippen LogP contribution is 2.28. The molecular formula is C14H14O5. The summed E-state index contributed by atoms with van der Waals surface area (Å²) in [5.41, 5.74) is 0.603. The van der Waals surface area contributed by atoms with Crippen LogP contribution in [0.15, 0.2) is 28.7 Å². The third-order valence-corrected chi connectivity index (χ3v) is 2.77. The molecule has 0 saturated carbocycles.